The van der Waals surface area contributed by atoms with Gasteiger partial charge in [-0.15, -0.1) is 0 Å². The topological polar surface area (TPSA) is 65.5 Å². The quantitative estimate of drug-likeness (QED) is 0.611. The molecule has 6 rings (SSSR count). The third-order valence-electron chi connectivity index (χ3n) is 8.08. The number of likely N-dealkylation sites (tertiary alicyclic amines) is 1. The van der Waals surface area contributed by atoms with Gasteiger partial charge in [0.1, 0.15) is 5.54 Å². The highest BCUT2D eigenvalue weighted by Gasteiger charge is 2.54. The molecule has 2 aromatic carbocycles. The number of urea groups is 1. The first kappa shape index (κ1) is 21.3. The first-order valence-electron chi connectivity index (χ1n) is 12.3. The van der Waals surface area contributed by atoms with Crippen LogP contribution in [0.3, 0.4) is 0 Å². The number of hydrogen-bond donors (Lipinski definition) is 1. The number of pyridine rings is 1. The van der Waals surface area contributed by atoms with E-state index >= 15 is 0 Å². The second-order valence-corrected chi connectivity index (χ2v) is 10.2. The molecule has 2 fully saturated rings. The maximum absolute atomic E-state index is 12.6. The minimum absolute atomic E-state index is 0.190. The van der Waals surface area contributed by atoms with Crippen molar-refractivity contribution in [3.05, 3.63) is 77.0 Å². The van der Waals surface area contributed by atoms with Gasteiger partial charge in [0.05, 0.1) is 11.2 Å². The van der Waals surface area contributed by atoms with E-state index < -0.39 is 5.54 Å². The highest BCUT2D eigenvalue weighted by Crippen LogP contribution is 2.38. The number of hydrogen-bond acceptors (Lipinski definition) is 4. The Labute approximate surface area is 200 Å². The molecule has 1 aromatic heterocycles. The van der Waals surface area contributed by atoms with Gasteiger partial charge in [-0.25, -0.2) is 4.79 Å². The molecule has 3 heterocycles. The van der Waals surface area contributed by atoms with Gasteiger partial charge in [0.25, 0.3) is 5.91 Å². The lowest BCUT2D eigenvalue weighted by atomic mass is 9.90. The summed E-state index contributed by atoms with van der Waals surface area (Å²) in [5, 5.41) is 3.56. The lowest BCUT2D eigenvalue weighted by Gasteiger charge is -2.31. The van der Waals surface area contributed by atoms with Crippen LogP contribution in [0.25, 0.3) is 10.9 Å². The van der Waals surface area contributed by atoms with Gasteiger partial charge in [-0.1, -0.05) is 36.4 Å². The van der Waals surface area contributed by atoms with Crippen LogP contribution in [0.2, 0.25) is 0 Å². The molecule has 0 bridgehead atoms. The van der Waals surface area contributed by atoms with Crippen molar-refractivity contribution in [1.29, 1.82) is 0 Å². The molecule has 174 valence electrons. The molecule has 34 heavy (non-hydrogen) atoms. The summed E-state index contributed by atoms with van der Waals surface area (Å²) in [4.78, 5) is 33.7. The van der Waals surface area contributed by atoms with Gasteiger partial charge >= 0.3 is 6.03 Å². The Balaban J connectivity index is 1.14. The zero-order chi connectivity index (χ0) is 23.3. The maximum Gasteiger partial charge on any atom is 0.324 e. The normalized spacial score (nSPS) is 23.1. The number of nitrogens with zero attached hydrogens (tertiary/aromatic N) is 3. The van der Waals surface area contributed by atoms with Crippen molar-refractivity contribution in [2.24, 2.45) is 5.92 Å². The highest BCUT2D eigenvalue weighted by atomic mass is 16.2. The number of piperidine rings is 1. The molecule has 1 atom stereocenters. The first-order chi connectivity index (χ1) is 16.5. The first-order valence-corrected chi connectivity index (χ1v) is 12.3. The molecule has 2 aliphatic heterocycles. The summed E-state index contributed by atoms with van der Waals surface area (Å²) in [6, 6.07) is 19.1. The van der Waals surface area contributed by atoms with Crippen LogP contribution in [-0.2, 0) is 30.6 Å². The second kappa shape index (κ2) is 8.20. The van der Waals surface area contributed by atoms with E-state index in [-0.39, 0.29) is 11.9 Å². The van der Waals surface area contributed by atoms with Crippen LogP contribution in [0, 0.1) is 5.92 Å². The fourth-order valence-electron chi connectivity index (χ4n) is 5.98. The summed E-state index contributed by atoms with van der Waals surface area (Å²) in [5.41, 5.74) is 4.98. The Kier molecular flexibility index (Phi) is 5.14. The van der Waals surface area contributed by atoms with E-state index in [4.69, 9.17) is 4.98 Å². The molecule has 0 saturated carbocycles. The van der Waals surface area contributed by atoms with Crippen molar-refractivity contribution in [2.75, 3.05) is 20.1 Å². The molecule has 1 N–H and O–H groups in total. The molecule has 3 aromatic rings. The Morgan fingerprint density at radius 2 is 1.74 bits per heavy atom. The van der Waals surface area contributed by atoms with Crippen LogP contribution in [-0.4, -0.2) is 52.4 Å². The summed E-state index contributed by atoms with van der Waals surface area (Å²) in [6.07, 6.45) is 4.74. The summed E-state index contributed by atoms with van der Waals surface area (Å²) in [6.45, 7) is 3.09. The van der Waals surface area contributed by atoms with E-state index in [0.29, 0.717) is 12.8 Å². The molecular formula is C28H30N4O2. The molecular weight excluding hydrogens is 424 g/mol. The van der Waals surface area contributed by atoms with E-state index in [1.54, 1.807) is 11.9 Å². The number of fused-ring (bicyclic) bond motifs is 2. The van der Waals surface area contributed by atoms with E-state index in [0.717, 1.165) is 53.3 Å². The average Bonchev–Trinajstić information content (AvgIpc) is 3.32. The monoisotopic (exact) mass is 454 g/mol. The summed E-state index contributed by atoms with van der Waals surface area (Å²) in [7, 11) is 1.71. The Hall–Kier alpha value is -3.25. The molecule has 6 nitrogen and oxygen atoms in total. The predicted octanol–water partition coefficient (Wildman–Crippen LogP) is 3.71. The van der Waals surface area contributed by atoms with Crippen molar-refractivity contribution < 1.29 is 9.59 Å². The van der Waals surface area contributed by atoms with Crippen molar-refractivity contribution in [3.63, 3.8) is 0 Å². The standard InChI is InChI=1S/C28H30N4O2/c1-31-27(34)30-26(33)28(31)16-22-14-21-7-8-24(29-25(21)15-23(22)17-28)18-32-11-9-20(10-12-32)13-19-5-3-2-4-6-19/h2-8,14-15,20H,9-13,16-18H2,1H3,(H,30,33,34). The lowest BCUT2D eigenvalue weighted by molar-refractivity contribution is -0.125. The summed E-state index contributed by atoms with van der Waals surface area (Å²) >= 11 is 0. The van der Waals surface area contributed by atoms with Crippen molar-refractivity contribution in [1.82, 2.24) is 20.1 Å². The molecule has 2 saturated heterocycles. The van der Waals surface area contributed by atoms with Crippen molar-refractivity contribution in [2.45, 2.75) is 44.2 Å². The Morgan fingerprint density at radius 1 is 1.00 bits per heavy atom. The molecule has 1 unspecified atom stereocenters. The fourth-order valence-corrected chi connectivity index (χ4v) is 5.98. The molecule has 1 spiro atoms. The Bertz CT molecular complexity index is 1270. The lowest BCUT2D eigenvalue weighted by Crippen LogP contribution is -2.48. The largest absolute Gasteiger partial charge is 0.324 e. The van der Waals surface area contributed by atoms with Gasteiger partial charge in [-0.3, -0.25) is 20.0 Å². The SMILES string of the molecule is CN1C(=O)NC(=O)C12Cc1cc3ccc(CN4CCC(Cc5ccccc5)CC4)nc3cc1C2. The van der Waals surface area contributed by atoms with Crippen LogP contribution >= 0.6 is 0 Å². The Morgan fingerprint density at radius 3 is 2.44 bits per heavy atom. The van der Waals surface area contributed by atoms with E-state index in [1.807, 2.05) is 0 Å². The van der Waals surface area contributed by atoms with E-state index in [2.05, 4.69) is 64.8 Å². The van der Waals surface area contributed by atoms with Gasteiger partial charge in [0.2, 0.25) is 0 Å². The van der Waals surface area contributed by atoms with E-state index in [9.17, 15) is 9.59 Å². The van der Waals surface area contributed by atoms with Crippen LogP contribution in [0.5, 0.6) is 0 Å². The molecule has 1 aliphatic carbocycles. The molecule has 0 radical (unpaired) electrons. The number of amides is 3. The molecule has 3 aliphatic rings. The van der Waals surface area contributed by atoms with Gasteiger partial charge in [0.15, 0.2) is 0 Å². The minimum atomic E-state index is -0.788. The number of aromatic nitrogens is 1. The van der Waals surface area contributed by atoms with E-state index in [1.165, 1.54) is 24.8 Å². The fraction of sp³-hybridized carbons (Fsp3) is 0.393. The summed E-state index contributed by atoms with van der Waals surface area (Å²) in [5.74, 6) is 0.570. The number of carbonyl (C=O) groups excluding carboxylic acids is 2. The highest BCUT2D eigenvalue weighted by molar-refractivity contribution is 6.07. The third kappa shape index (κ3) is 3.66. The number of rotatable bonds is 4. The summed E-state index contributed by atoms with van der Waals surface area (Å²) < 4.78 is 0. The zero-order valence-electron chi connectivity index (χ0n) is 19.6. The molecule has 3 amide bonds. The zero-order valence-corrected chi connectivity index (χ0v) is 19.6. The molecule has 6 heteroatoms. The number of likely N-dealkylation sites (N-methyl/N-ethyl adjacent to an activating group) is 1. The van der Waals surface area contributed by atoms with Gasteiger partial charge < -0.3 is 4.90 Å². The number of benzene rings is 2. The average molecular weight is 455 g/mol. The predicted molar refractivity (Wildman–Crippen MR) is 131 cm³/mol. The van der Waals surface area contributed by atoms with Crippen molar-refractivity contribution in [3.8, 4) is 0 Å². The van der Waals surface area contributed by atoms with Crippen LogP contribution in [0.4, 0.5) is 4.79 Å². The van der Waals surface area contributed by atoms with Crippen LogP contribution in [0.15, 0.2) is 54.6 Å². The van der Waals surface area contributed by atoms with Gasteiger partial charge in [-0.2, -0.15) is 0 Å². The second-order valence-electron chi connectivity index (χ2n) is 10.2. The number of imide groups is 1. The van der Waals surface area contributed by atoms with Crippen LogP contribution in [0.1, 0.15) is 35.2 Å². The van der Waals surface area contributed by atoms with Crippen molar-refractivity contribution >= 4 is 22.8 Å². The third-order valence-corrected chi connectivity index (χ3v) is 8.08. The number of carbonyl (C=O) groups is 2. The van der Waals surface area contributed by atoms with Gasteiger partial charge in [0, 0.05) is 31.8 Å². The number of nitrogens with one attached hydrogen (secondary N) is 1. The van der Waals surface area contributed by atoms with Gasteiger partial charge in [-0.05, 0) is 73.2 Å². The van der Waals surface area contributed by atoms with Crippen LogP contribution < -0.4 is 5.32 Å². The minimum Gasteiger partial charge on any atom is -0.312 e. The maximum atomic E-state index is 12.6. The smallest absolute Gasteiger partial charge is 0.312 e.